The van der Waals surface area contributed by atoms with E-state index < -0.39 is 34.1 Å². The van der Waals surface area contributed by atoms with E-state index in [1.54, 1.807) is 49.4 Å². The molecule has 204 valence electrons. The average molecular weight is 573 g/mol. The number of carbonyl (C=O) groups is 2. The Morgan fingerprint density at radius 3 is 2.16 bits per heavy atom. The predicted octanol–water partition coefficient (Wildman–Crippen LogP) is 4.88. The van der Waals surface area contributed by atoms with Crippen molar-refractivity contribution in [1.82, 2.24) is 10.2 Å². The number of carbonyl (C=O) groups excluding carboxylic acids is 2. The van der Waals surface area contributed by atoms with Gasteiger partial charge in [-0.25, -0.2) is 8.42 Å². The standard InChI is InChI=1S/C26H35Cl2N3O5S/c1-7-23(25(33)29-26(3,4)5)30(16-18-9-10-19(27)15-22(18)28)24(32)17-31(37(6,34)35)20-11-13-21(14-12-20)36-8-2/h9-15,23H,7-8,16-17H2,1-6H3,(H,29,33)/t23-/m0/s1. The van der Waals surface area contributed by atoms with Crippen molar-refractivity contribution in [3.63, 3.8) is 0 Å². The molecule has 2 rings (SSSR count). The molecule has 2 aromatic carbocycles. The van der Waals surface area contributed by atoms with Crippen LogP contribution < -0.4 is 14.4 Å². The van der Waals surface area contributed by atoms with Crippen LogP contribution in [-0.2, 0) is 26.2 Å². The molecule has 0 aliphatic heterocycles. The second-order valence-corrected chi connectivity index (χ2v) is 12.4. The summed E-state index contributed by atoms with van der Waals surface area (Å²) >= 11 is 12.4. The van der Waals surface area contributed by atoms with Gasteiger partial charge in [0.2, 0.25) is 21.8 Å². The third-order valence-electron chi connectivity index (χ3n) is 5.35. The van der Waals surface area contributed by atoms with Crippen molar-refractivity contribution in [2.75, 3.05) is 23.7 Å². The van der Waals surface area contributed by atoms with E-state index in [4.69, 9.17) is 27.9 Å². The first-order chi connectivity index (χ1) is 17.2. The number of hydrogen-bond donors (Lipinski definition) is 1. The van der Waals surface area contributed by atoms with E-state index in [1.807, 2.05) is 27.7 Å². The molecule has 0 saturated heterocycles. The molecule has 0 unspecified atom stereocenters. The van der Waals surface area contributed by atoms with Crippen LogP contribution in [0.15, 0.2) is 42.5 Å². The number of amides is 2. The van der Waals surface area contributed by atoms with E-state index in [1.165, 1.54) is 4.90 Å². The highest BCUT2D eigenvalue weighted by molar-refractivity contribution is 7.92. The minimum Gasteiger partial charge on any atom is -0.494 e. The third-order valence-corrected chi connectivity index (χ3v) is 7.08. The summed E-state index contributed by atoms with van der Waals surface area (Å²) in [6.45, 7) is 9.12. The van der Waals surface area contributed by atoms with Gasteiger partial charge in [0.15, 0.2) is 0 Å². The topological polar surface area (TPSA) is 96.0 Å². The van der Waals surface area contributed by atoms with Crippen LogP contribution in [0.25, 0.3) is 0 Å². The first-order valence-corrected chi connectivity index (χ1v) is 14.5. The number of halogens is 2. The maximum Gasteiger partial charge on any atom is 0.244 e. The SMILES string of the molecule is CCOc1ccc(N(CC(=O)N(Cc2ccc(Cl)cc2Cl)[C@@H](CC)C(=O)NC(C)(C)C)S(C)(=O)=O)cc1. The quantitative estimate of drug-likeness (QED) is 0.414. The molecule has 1 N–H and O–H groups in total. The van der Waals surface area contributed by atoms with Gasteiger partial charge >= 0.3 is 0 Å². The van der Waals surface area contributed by atoms with Crippen LogP contribution in [-0.4, -0.2) is 56.1 Å². The summed E-state index contributed by atoms with van der Waals surface area (Å²) in [7, 11) is -3.84. The van der Waals surface area contributed by atoms with Crippen LogP contribution in [0, 0.1) is 0 Å². The number of rotatable bonds is 11. The van der Waals surface area contributed by atoms with Gasteiger partial charge in [-0.05, 0) is 76.1 Å². The lowest BCUT2D eigenvalue weighted by molar-refractivity contribution is -0.141. The van der Waals surface area contributed by atoms with Crippen LogP contribution in [0.4, 0.5) is 5.69 Å². The summed E-state index contributed by atoms with van der Waals surface area (Å²) in [5.74, 6) is -0.323. The average Bonchev–Trinajstić information content (AvgIpc) is 2.77. The Morgan fingerprint density at radius 1 is 1.05 bits per heavy atom. The molecule has 1 atom stereocenters. The van der Waals surface area contributed by atoms with E-state index in [0.717, 1.165) is 10.6 Å². The molecular formula is C26H35Cl2N3O5S. The lowest BCUT2D eigenvalue weighted by Gasteiger charge is -2.34. The minimum absolute atomic E-state index is 0.00815. The fourth-order valence-corrected chi connectivity index (χ4v) is 5.01. The zero-order chi connectivity index (χ0) is 28.0. The van der Waals surface area contributed by atoms with Gasteiger partial charge < -0.3 is 15.0 Å². The highest BCUT2D eigenvalue weighted by Crippen LogP contribution is 2.26. The molecule has 0 aliphatic rings. The molecule has 0 aliphatic carbocycles. The van der Waals surface area contributed by atoms with Gasteiger partial charge in [-0.15, -0.1) is 0 Å². The first-order valence-electron chi connectivity index (χ1n) is 11.9. The van der Waals surface area contributed by atoms with Crippen molar-refractivity contribution >= 4 is 50.7 Å². The molecule has 37 heavy (non-hydrogen) atoms. The van der Waals surface area contributed by atoms with Crippen LogP contribution in [0.2, 0.25) is 10.0 Å². The maximum atomic E-state index is 13.7. The summed E-state index contributed by atoms with van der Waals surface area (Å²) < 4.78 is 31.9. The van der Waals surface area contributed by atoms with Crippen molar-refractivity contribution in [3.8, 4) is 5.75 Å². The van der Waals surface area contributed by atoms with E-state index in [0.29, 0.717) is 40.1 Å². The lowest BCUT2D eigenvalue weighted by Crippen LogP contribution is -2.55. The molecule has 8 nitrogen and oxygen atoms in total. The van der Waals surface area contributed by atoms with Gasteiger partial charge in [0.25, 0.3) is 0 Å². The number of hydrogen-bond acceptors (Lipinski definition) is 5. The molecule has 2 amide bonds. The minimum atomic E-state index is -3.84. The van der Waals surface area contributed by atoms with Gasteiger partial charge in [-0.3, -0.25) is 13.9 Å². The van der Waals surface area contributed by atoms with Crippen LogP contribution in [0.1, 0.15) is 46.6 Å². The van der Waals surface area contributed by atoms with Crippen LogP contribution in [0.5, 0.6) is 5.75 Å². The normalized spacial score (nSPS) is 12.5. The fraction of sp³-hybridized carbons (Fsp3) is 0.462. The van der Waals surface area contributed by atoms with Gasteiger partial charge in [0.1, 0.15) is 18.3 Å². The Kier molecular flexibility index (Phi) is 10.7. The molecule has 0 heterocycles. The Balaban J connectivity index is 2.47. The predicted molar refractivity (Wildman–Crippen MR) is 149 cm³/mol. The van der Waals surface area contributed by atoms with Crippen LogP contribution >= 0.6 is 23.2 Å². The number of anilines is 1. The molecule has 0 bridgehead atoms. The van der Waals surface area contributed by atoms with E-state index in [9.17, 15) is 18.0 Å². The highest BCUT2D eigenvalue weighted by atomic mass is 35.5. The Labute approximate surface area is 229 Å². The van der Waals surface area contributed by atoms with Gasteiger partial charge in [-0.2, -0.15) is 0 Å². The second kappa shape index (κ2) is 12.8. The summed E-state index contributed by atoms with van der Waals surface area (Å²) in [5, 5.41) is 3.68. The lowest BCUT2D eigenvalue weighted by atomic mass is 10.1. The smallest absolute Gasteiger partial charge is 0.244 e. The summed E-state index contributed by atoms with van der Waals surface area (Å²) in [4.78, 5) is 28.3. The van der Waals surface area contributed by atoms with Crippen molar-refractivity contribution in [2.24, 2.45) is 0 Å². The van der Waals surface area contributed by atoms with Crippen LogP contribution in [0.3, 0.4) is 0 Å². The molecule has 2 aromatic rings. The number of sulfonamides is 1. The number of benzene rings is 2. The summed E-state index contributed by atoms with van der Waals surface area (Å²) in [5.41, 5.74) is 0.350. The second-order valence-electron chi connectivity index (χ2n) is 9.62. The molecule has 0 saturated carbocycles. The van der Waals surface area contributed by atoms with Gasteiger partial charge in [0.05, 0.1) is 18.6 Å². The molecule has 0 aromatic heterocycles. The van der Waals surface area contributed by atoms with Crippen molar-refractivity contribution in [1.29, 1.82) is 0 Å². The number of ether oxygens (including phenoxy) is 1. The Hall–Kier alpha value is -2.49. The van der Waals surface area contributed by atoms with Crippen molar-refractivity contribution in [3.05, 3.63) is 58.1 Å². The van der Waals surface area contributed by atoms with E-state index >= 15 is 0 Å². The summed E-state index contributed by atoms with van der Waals surface area (Å²) in [6, 6.07) is 10.4. The van der Waals surface area contributed by atoms with Crippen molar-refractivity contribution in [2.45, 2.75) is 59.2 Å². The zero-order valence-electron chi connectivity index (χ0n) is 22.0. The van der Waals surface area contributed by atoms with Crippen molar-refractivity contribution < 1.29 is 22.7 Å². The fourth-order valence-electron chi connectivity index (χ4n) is 3.69. The molecule has 0 fully saturated rings. The Morgan fingerprint density at radius 2 is 1.68 bits per heavy atom. The molecular weight excluding hydrogens is 537 g/mol. The Bertz CT molecular complexity index is 1200. The van der Waals surface area contributed by atoms with E-state index in [-0.39, 0.29) is 12.5 Å². The third kappa shape index (κ3) is 9.09. The summed E-state index contributed by atoms with van der Waals surface area (Å²) in [6.07, 6.45) is 1.33. The molecule has 0 spiro atoms. The number of nitrogens with one attached hydrogen (secondary N) is 1. The first kappa shape index (κ1) is 30.7. The number of nitrogens with zero attached hydrogens (tertiary/aromatic N) is 2. The zero-order valence-corrected chi connectivity index (χ0v) is 24.4. The van der Waals surface area contributed by atoms with Gasteiger partial charge in [0, 0.05) is 22.1 Å². The van der Waals surface area contributed by atoms with E-state index in [2.05, 4.69) is 5.32 Å². The highest BCUT2D eigenvalue weighted by Gasteiger charge is 2.33. The monoisotopic (exact) mass is 571 g/mol. The van der Waals surface area contributed by atoms with Gasteiger partial charge in [-0.1, -0.05) is 36.2 Å². The largest absolute Gasteiger partial charge is 0.494 e. The molecule has 0 radical (unpaired) electrons. The molecule has 11 heteroatoms. The maximum absolute atomic E-state index is 13.7.